The van der Waals surface area contributed by atoms with Crippen LogP contribution in [0.3, 0.4) is 0 Å². The predicted molar refractivity (Wildman–Crippen MR) is 150 cm³/mol. The lowest BCUT2D eigenvalue weighted by Gasteiger charge is -2.35. The first-order valence-corrected chi connectivity index (χ1v) is 14.2. The van der Waals surface area contributed by atoms with Crippen molar-refractivity contribution in [2.24, 2.45) is 0 Å². The molecule has 0 fully saturated rings. The van der Waals surface area contributed by atoms with E-state index in [1.165, 1.54) is 19.0 Å². The molecule has 0 aliphatic carbocycles. The number of aryl methyl sites for hydroxylation is 2. The van der Waals surface area contributed by atoms with Gasteiger partial charge in [0, 0.05) is 31.7 Å². The van der Waals surface area contributed by atoms with Crippen molar-refractivity contribution >= 4 is 39.3 Å². The van der Waals surface area contributed by atoms with Crippen molar-refractivity contribution < 1.29 is 18.0 Å². The van der Waals surface area contributed by atoms with Gasteiger partial charge in [0.05, 0.1) is 5.69 Å². The van der Waals surface area contributed by atoms with Crippen LogP contribution in [-0.2, 0) is 26.3 Å². The molecule has 8 nitrogen and oxygen atoms in total. The lowest BCUT2D eigenvalue weighted by molar-refractivity contribution is -0.140. The number of nitrogens with zero attached hydrogens (tertiary/aromatic N) is 3. The van der Waals surface area contributed by atoms with E-state index in [2.05, 4.69) is 5.32 Å². The third-order valence-corrected chi connectivity index (χ3v) is 8.51. The van der Waals surface area contributed by atoms with Crippen molar-refractivity contribution in [3.05, 3.63) is 64.2 Å². The van der Waals surface area contributed by atoms with Crippen LogP contribution in [-0.4, -0.2) is 62.2 Å². The first-order valence-electron chi connectivity index (χ1n) is 12.4. The molecule has 0 aliphatic heterocycles. The average molecular weight is 551 g/mol. The van der Waals surface area contributed by atoms with Crippen LogP contribution in [0.25, 0.3) is 0 Å². The zero-order valence-corrected chi connectivity index (χ0v) is 24.4. The van der Waals surface area contributed by atoms with Gasteiger partial charge in [-0.2, -0.15) is 12.7 Å². The Hall–Kier alpha value is -2.62. The van der Waals surface area contributed by atoms with Crippen molar-refractivity contribution in [2.75, 3.05) is 24.9 Å². The molecule has 2 amide bonds. The van der Waals surface area contributed by atoms with Crippen LogP contribution in [0.5, 0.6) is 0 Å². The van der Waals surface area contributed by atoms with E-state index in [1.807, 2.05) is 45.9 Å². The Morgan fingerprint density at radius 2 is 1.68 bits per heavy atom. The number of benzene rings is 2. The van der Waals surface area contributed by atoms with Gasteiger partial charge < -0.3 is 10.2 Å². The molecule has 0 heterocycles. The smallest absolute Gasteiger partial charge is 0.304 e. The number of rotatable bonds is 12. The zero-order valence-electron chi connectivity index (χ0n) is 22.8. The topological polar surface area (TPSA) is 90.0 Å². The van der Waals surface area contributed by atoms with Gasteiger partial charge in [0.15, 0.2) is 0 Å². The van der Waals surface area contributed by atoms with Gasteiger partial charge in [-0.1, -0.05) is 55.8 Å². The summed E-state index contributed by atoms with van der Waals surface area (Å²) in [6.07, 6.45) is 1.09. The normalized spacial score (nSPS) is 13.2. The van der Waals surface area contributed by atoms with Crippen LogP contribution < -0.4 is 9.62 Å². The molecule has 0 saturated heterocycles. The van der Waals surface area contributed by atoms with Gasteiger partial charge in [-0.05, 0) is 62.4 Å². The Kier molecular flexibility index (Phi) is 11.0. The second-order valence-electron chi connectivity index (χ2n) is 9.44. The monoisotopic (exact) mass is 550 g/mol. The van der Waals surface area contributed by atoms with E-state index in [1.54, 1.807) is 31.2 Å². The molecular formula is C27H39ClN4O4S. The largest absolute Gasteiger partial charge is 0.352 e. The Bertz CT molecular complexity index is 1200. The maximum atomic E-state index is 13.9. The van der Waals surface area contributed by atoms with Crippen LogP contribution in [0.15, 0.2) is 42.5 Å². The minimum Gasteiger partial charge on any atom is -0.352 e. The Morgan fingerprint density at radius 1 is 1.03 bits per heavy atom. The fraction of sp³-hybridized carbons (Fsp3) is 0.481. The number of anilines is 1. The lowest BCUT2D eigenvalue weighted by atomic mass is 10.1. The van der Waals surface area contributed by atoms with Gasteiger partial charge in [-0.3, -0.25) is 9.59 Å². The molecule has 0 bridgehead atoms. The van der Waals surface area contributed by atoms with Crippen LogP contribution in [0, 0.1) is 13.8 Å². The van der Waals surface area contributed by atoms with Crippen LogP contribution in [0.4, 0.5) is 5.69 Å². The fourth-order valence-electron chi connectivity index (χ4n) is 3.86. The Balaban J connectivity index is 2.57. The minimum atomic E-state index is -4.02. The highest BCUT2D eigenvalue weighted by molar-refractivity contribution is 7.90. The zero-order chi connectivity index (χ0) is 27.9. The molecule has 10 heteroatoms. The third-order valence-electron chi connectivity index (χ3n) is 6.34. The Morgan fingerprint density at radius 3 is 2.24 bits per heavy atom. The van der Waals surface area contributed by atoms with Crippen LogP contribution >= 0.6 is 11.6 Å². The number of carbonyl (C=O) groups is 2. The summed E-state index contributed by atoms with van der Waals surface area (Å²) in [5.41, 5.74) is 2.65. The second-order valence-corrected chi connectivity index (χ2v) is 11.9. The molecule has 2 atom stereocenters. The summed E-state index contributed by atoms with van der Waals surface area (Å²) >= 11 is 6.41. The van der Waals surface area contributed by atoms with E-state index in [0.717, 1.165) is 20.6 Å². The first kappa shape index (κ1) is 30.6. The SMILES string of the molecule is CC[C@H](C(=O)N[C@@H](C)CC)N(Cc1ccccc1Cl)C(=O)CN(c1cc(C)ccc1C)S(=O)(=O)N(C)C. The van der Waals surface area contributed by atoms with E-state index in [0.29, 0.717) is 28.3 Å². The molecule has 204 valence electrons. The van der Waals surface area contributed by atoms with Crippen molar-refractivity contribution in [1.82, 2.24) is 14.5 Å². The van der Waals surface area contributed by atoms with Gasteiger partial charge in [-0.25, -0.2) is 4.31 Å². The van der Waals surface area contributed by atoms with E-state index < -0.39 is 28.7 Å². The van der Waals surface area contributed by atoms with E-state index in [-0.39, 0.29) is 18.5 Å². The fourth-order valence-corrected chi connectivity index (χ4v) is 5.17. The quantitative estimate of drug-likeness (QED) is 0.427. The van der Waals surface area contributed by atoms with Crippen LogP contribution in [0.1, 0.15) is 50.3 Å². The highest BCUT2D eigenvalue weighted by Gasteiger charge is 2.34. The molecule has 2 aromatic rings. The molecule has 2 aromatic carbocycles. The molecule has 0 saturated carbocycles. The van der Waals surface area contributed by atoms with E-state index >= 15 is 0 Å². The average Bonchev–Trinajstić information content (AvgIpc) is 2.84. The van der Waals surface area contributed by atoms with Gasteiger partial charge in [-0.15, -0.1) is 0 Å². The van der Waals surface area contributed by atoms with Crippen molar-refractivity contribution in [3.8, 4) is 0 Å². The number of nitrogens with one attached hydrogen (secondary N) is 1. The first-order chi connectivity index (χ1) is 17.3. The molecule has 0 spiro atoms. The molecule has 1 N–H and O–H groups in total. The van der Waals surface area contributed by atoms with Crippen molar-refractivity contribution in [3.63, 3.8) is 0 Å². The van der Waals surface area contributed by atoms with Crippen molar-refractivity contribution in [2.45, 2.75) is 66.1 Å². The summed E-state index contributed by atoms with van der Waals surface area (Å²) in [5.74, 6) is -0.789. The Labute approximate surface area is 226 Å². The number of halogens is 1. The highest BCUT2D eigenvalue weighted by Crippen LogP contribution is 2.27. The highest BCUT2D eigenvalue weighted by atomic mass is 35.5. The number of carbonyl (C=O) groups excluding carboxylic acids is 2. The number of hydrogen-bond acceptors (Lipinski definition) is 4. The molecule has 0 radical (unpaired) electrons. The molecule has 37 heavy (non-hydrogen) atoms. The molecule has 0 aliphatic rings. The van der Waals surface area contributed by atoms with Crippen molar-refractivity contribution in [1.29, 1.82) is 0 Å². The third kappa shape index (κ3) is 7.69. The van der Waals surface area contributed by atoms with E-state index in [4.69, 9.17) is 11.6 Å². The van der Waals surface area contributed by atoms with Gasteiger partial charge in [0.2, 0.25) is 11.8 Å². The maximum absolute atomic E-state index is 13.9. The summed E-state index contributed by atoms with van der Waals surface area (Å²) in [5, 5.41) is 3.42. The molecule has 2 rings (SSSR count). The summed E-state index contributed by atoms with van der Waals surface area (Å²) < 4.78 is 29.0. The van der Waals surface area contributed by atoms with E-state index in [9.17, 15) is 18.0 Å². The molecular weight excluding hydrogens is 512 g/mol. The maximum Gasteiger partial charge on any atom is 0.304 e. The molecule has 0 aromatic heterocycles. The van der Waals surface area contributed by atoms with Gasteiger partial charge >= 0.3 is 10.2 Å². The second kappa shape index (κ2) is 13.3. The summed E-state index contributed by atoms with van der Waals surface area (Å²) in [6.45, 7) is 8.95. The van der Waals surface area contributed by atoms with Gasteiger partial charge in [0.1, 0.15) is 12.6 Å². The van der Waals surface area contributed by atoms with Crippen LogP contribution in [0.2, 0.25) is 5.02 Å². The van der Waals surface area contributed by atoms with Gasteiger partial charge in [0.25, 0.3) is 0 Å². The summed E-state index contributed by atoms with van der Waals surface area (Å²) in [7, 11) is -1.18. The lowest BCUT2D eigenvalue weighted by Crippen LogP contribution is -2.54. The molecule has 0 unspecified atom stereocenters. The summed E-state index contributed by atoms with van der Waals surface area (Å²) in [6, 6.07) is 11.7. The number of hydrogen-bond donors (Lipinski definition) is 1. The minimum absolute atomic E-state index is 0.0631. The number of amides is 2. The predicted octanol–water partition coefficient (Wildman–Crippen LogP) is 4.29. The standard InChI is InChI=1S/C27H39ClN4O4S/c1-8-21(5)29-27(34)24(9-2)31(17-22-12-10-11-13-23(22)28)26(33)18-32(37(35,36)30(6)7)25-16-19(3)14-15-20(25)4/h10-16,21,24H,8-9,17-18H2,1-7H3,(H,29,34)/t21-,24+/m0/s1. The summed E-state index contributed by atoms with van der Waals surface area (Å²) in [4.78, 5) is 28.6.